The van der Waals surface area contributed by atoms with Crippen LogP contribution in [-0.4, -0.2) is 21.3 Å². The topological polar surface area (TPSA) is 77.8 Å². The van der Waals surface area contributed by atoms with Gasteiger partial charge in [0.15, 0.2) is 0 Å². The molecule has 0 unspecified atom stereocenters. The molecule has 0 aliphatic heterocycles. The Hall–Kier alpha value is -1.19. The van der Waals surface area contributed by atoms with Crippen LogP contribution in [0.25, 0.3) is 0 Å². The van der Waals surface area contributed by atoms with Crippen LogP contribution >= 0.6 is 0 Å². The van der Waals surface area contributed by atoms with E-state index in [1.165, 1.54) is 0 Å². The highest BCUT2D eigenvalue weighted by atomic mass is 16.5. The molecular weight excluding hydrogens is 136 g/mol. The van der Waals surface area contributed by atoms with Crippen LogP contribution in [-0.2, 0) is 4.79 Å². The fourth-order valence-corrected chi connectivity index (χ4v) is 0.214. The van der Waals surface area contributed by atoms with E-state index in [1.807, 2.05) is 6.92 Å². The standard InChI is InChI=1S/C4H8O2.C2H4O2/c1-2-3-4(5)6;1-2(3)4/h2-3H2,1H3,(H,5,6);3-4H,1H2. The van der Waals surface area contributed by atoms with E-state index in [1.54, 1.807) is 0 Å². The van der Waals surface area contributed by atoms with Crippen LogP contribution in [0.15, 0.2) is 12.5 Å². The van der Waals surface area contributed by atoms with Crippen molar-refractivity contribution in [2.75, 3.05) is 0 Å². The van der Waals surface area contributed by atoms with Crippen LogP contribution in [0.2, 0.25) is 0 Å². The predicted octanol–water partition coefficient (Wildman–Crippen LogP) is 1.44. The van der Waals surface area contributed by atoms with Gasteiger partial charge in [-0.3, -0.25) is 4.79 Å². The average Bonchev–Trinajstić information content (AvgIpc) is 1.62. The molecule has 0 heterocycles. The Kier molecular flexibility index (Phi) is 9.05. The summed E-state index contributed by atoms with van der Waals surface area (Å²) in [6.45, 7) is 4.51. The first-order chi connectivity index (χ1) is 4.50. The summed E-state index contributed by atoms with van der Waals surface area (Å²) in [6.07, 6.45) is 1.02. The van der Waals surface area contributed by atoms with Gasteiger partial charge in [0.05, 0.1) is 0 Å². The third-order valence-corrected chi connectivity index (χ3v) is 0.464. The molecule has 0 saturated heterocycles. The lowest BCUT2D eigenvalue weighted by molar-refractivity contribution is -0.137. The molecule has 4 heteroatoms. The van der Waals surface area contributed by atoms with Crippen molar-refractivity contribution < 1.29 is 20.1 Å². The fraction of sp³-hybridized carbons (Fsp3) is 0.500. The highest BCUT2D eigenvalue weighted by Gasteiger charge is 1.87. The summed E-state index contributed by atoms with van der Waals surface area (Å²) < 4.78 is 0. The van der Waals surface area contributed by atoms with Gasteiger partial charge in [-0.25, -0.2) is 0 Å². The molecule has 0 aliphatic carbocycles. The zero-order valence-electron chi connectivity index (χ0n) is 5.87. The van der Waals surface area contributed by atoms with E-state index >= 15 is 0 Å². The van der Waals surface area contributed by atoms with E-state index in [9.17, 15) is 4.79 Å². The summed E-state index contributed by atoms with van der Waals surface area (Å²) in [4.78, 5) is 9.60. The van der Waals surface area contributed by atoms with Gasteiger partial charge < -0.3 is 15.3 Å². The third kappa shape index (κ3) is 70.2. The van der Waals surface area contributed by atoms with Crippen molar-refractivity contribution in [2.24, 2.45) is 0 Å². The van der Waals surface area contributed by atoms with Gasteiger partial charge in [0.1, 0.15) is 0 Å². The molecule has 0 amide bonds. The van der Waals surface area contributed by atoms with Gasteiger partial charge in [0, 0.05) is 6.42 Å². The molecule has 0 rings (SSSR count). The number of carboxylic acid groups (broad SMARTS) is 1. The van der Waals surface area contributed by atoms with Gasteiger partial charge >= 0.3 is 5.97 Å². The van der Waals surface area contributed by atoms with Gasteiger partial charge in [-0.05, 0) is 13.0 Å². The largest absolute Gasteiger partial charge is 0.482 e. The number of hydrogen-bond donors (Lipinski definition) is 3. The van der Waals surface area contributed by atoms with E-state index in [-0.39, 0.29) is 0 Å². The van der Waals surface area contributed by atoms with Crippen LogP contribution in [0.4, 0.5) is 0 Å². The summed E-state index contributed by atoms with van der Waals surface area (Å²) in [6, 6.07) is 0. The van der Waals surface area contributed by atoms with Crippen molar-refractivity contribution in [2.45, 2.75) is 19.8 Å². The molecular formula is C6H12O4. The minimum Gasteiger partial charge on any atom is -0.482 e. The molecule has 0 fully saturated rings. The van der Waals surface area contributed by atoms with Crippen LogP contribution in [0.1, 0.15) is 19.8 Å². The summed E-state index contributed by atoms with van der Waals surface area (Å²) in [5.74, 6) is -1.54. The van der Waals surface area contributed by atoms with E-state index in [2.05, 4.69) is 6.58 Å². The van der Waals surface area contributed by atoms with Crippen LogP contribution < -0.4 is 0 Å². The lowest BCUT2D eigenvalue weighted by atomic mass is 10.4. The Bertz CT molecular complexity index is 104. The van der Waals surface area contributed by atoms with E-state index in [0.29, 0.717) is 6.42 Å². The van der Waals surface area contributed by atoms with Gasteiger partial charge in [0.25, 0.3) is 5.95 Å². The van der Waals surface area contributed by atoms with Crippen molar-refractivity contribution in [1.82, 2.24) is 0 Å². The SMILES string of the molecule is C=C(O)O.CCCC(=O)O. The second-order valence-electron chi connectivity index (χ2n) is 1.56. The number of carboxylic acids is 1. The molecule has 0 radical (unpaired) electrons. The maximum absolute atomic E-state index is 9.60. The second-order valence-corrected chi connectivity index (χ2v) is 1.56. The molecule has 0 spiro atoms. The molecule has 10 heavy (non-hydrogen) atoms. The average molecular weight is 148 g/mol. The first kappa shape index (κ1) is 11.6. The Morgan fingerprint density at radius 2 is 1.70 bits per heavy atom. The molecule has 0 atom stereocenters. The zero-order valence-corrected chi connectivity index (χ0v) is 5.87. The molecule has 0 aliphatic rings. The first-order valence-electron chi connectivity index (χ1n) is 2.79. The smallest absolute Gasteiger partial charge is 0.303 e. The molecule has 0 saturated carbocycles. The molecule has 3 N–H and O–H groups in total. The maximum Gasteiger partial charge on any atom is 0.303 e. The van der Waals surface area contributed by atoms with Gasteiger partial charge in [-0.1, -0.05) is 6.92 Å². The highest BCUT2D eigenvalue weighted by molar-refractivity contribution is 5.66. The Morgan fingerprint density at radius 3 is 1.70 bits per heavy atom. The van der Waals surface area contributed by atoms with Crippen molar-refractivity contribution in [3.63, 3.8) is 0 Å². The monoisotopic (exact) mass is 148 g/mol. The normalized spacial score (nSPS) is 7.30. The van der Waals surface area contributed by atoms with Crippen LogP contribution in [0, 0.1) is 0 Å². The van der Waals surface area contributed by atoms with Gasteiger partial charge in [0.2, 0.25) is 0 Å². The highest BCUT2D eigenvalue weighted by Crippen LogP contribution is 1.82. The number of hydrogen-bond acceptors (Lipinski definition) is 3. The minimum absolute atomic E-state index is 0.292. The third-order valence-electron chi connectivity index (χ3n) is 0.464. The summed E-state index contributed by atoms with van der Waals surface area (Å²) in [5, 5.41) is 22.7. The molecule has 0 aromatic rings. The summed E-state index contributed by atoms with van der Waals surface area (Å²) in [7, 11) is 0. The molecule has 0 aromatic carbocycles. The lowest BCUT2D eigenvalue weighted by Crippen LogP contribution is -1.90. The first-order valence-corrected chi connectivity index (χ1v) is 2.79. The number of carbonyl (C=O) groups is 1. The number of aliphatic carboxylic acids is 1. The van der Waals surface area contributed by atoms with Gasteiger partial charge in [-0.2, -0.15) is 0 Å². The quantitative estimate of drug-likeness (QED) is 0.518. The number of aliphatic hydroxyl groups excluding tert-OH is 1. The molecule has 0 aromatic heterocycles. The zero-order chi connectivity index (χ0) is 8.57. The van der Waals surface area contributed by atoms with E-state index < -0.39 is 11.9 Å². The van der Waals surface area contributed by atoms with Crippen LogP contribution in [0.3, 0.4) is 0 Å². The Labute approximate surface area is 59.4 Å². The predicted molar refractivity (Wildman–Crippen MR) is 36.9 cm³/mol. The molecule has 4 nitrogen and oxygen atoms in total. The van der Waals surface area contributed by atoms with Crippen molar-refractivity contribution in [1.29, 1.82) is 0 Å². The van der Waals surface area contributed by atoms with Crippen molar-refractivity contribution in [3.05, 3.63) is 12.5 Å². The van der Waals surface area contributed by atoms with Crippen LogP contribution in [0.5, 0.6) is 0 Å². The number of aliphatic hydroxyl groups is 2. The van der Waals surface area contributed by atoms with Crippen molar-refractivity contribution in [3.8, 4) is 0 Å². The Morgan fingerprint density at radius 1 is 1.40 bits per heavy atom. The second kappa shape index (κ2) is 7.81. The lowest BCUT2D eigenvalue weighted by Gasteiger charge is -1.79. The molecule has 0 bridgehead atoms. The maximum atomic E-state index is 9.60. The van der Waals surface area contributed by atoms with E-state index in [4.69, 9.17) is 15.3 Å². The number of rotatable bonds is 2. The minimum atomic E-state index is -0.833. The summed E-state index contributed by atoms with van der Waals surface area (Å²) >= 11 is 0. The summed E-state index contributed by atoms with van der Waals surface area (Å²) in [5.41, 5.74) is 0. The Balaban J connectivity index is 0. The van der Waals surface area contributed by atoms with E-state index in [0.717, 1.165) is 6.42 Å². The molecule has 60 valence electrons. The fourth-order valence-electron chi connectivity index (χ4n) is 0.214. The van der Waals surface area contributed by atoms with Gasteiger partial charge in [-0.15, -0.1) is 0 Å². The van der Waals surface area contributed by atoms with Crippen molar-refractivity contribution >= 4 is 5.97 Å².